The molecule has 1 nitrogen and oxygen atoms in total. The number of hydrogen-bond donors (Lipinski definition) is 0. The molecule has 2 atom stereocenters. The van der Waals surface area contributed by atoms with Crippen molar-refractivity contribution in [2.75, 3.05) is 4.90 Å². The summed E-state index contributed by atoms with van der Waals surface area (Å²) in [7, 11) is 0. The van der Waals surface area contributed by atoms with E-state index in [-0.39, 0.29) is 11.0 Å². The van der Waals surface area contributed by atoms with E-state index in [0.717, 1.165) is 0 Å². The number of para-hydroxylation sites is 1. The summed E-state index contributed by atoms with van der Waals surface area (Å²) in [6.07, 6.45) is 5.02. The maximum Gasteiger partial charge on any atom is 0.0518 e. The Hall–Kier alpha value is -4.62. The van der Waals surface area contributed by atoms with Gasteiger partial charge in [-0.2, -0.15) is 0 Å². The topological polar surface area (TPSA) is 3.24 Å². The number of nitrogens with zero attached hydrogens (tertiary/aromatic N) is 1. The third-order valence-corrected chi connectivity index (χ3v) is 11.9. The Bertz CT molecular complexity index is 2260. The molecule has 0 spiro atoms. The second kappa shape index (κ2) is 9.44. The monoisotopic (exact) mass is 581 g/mol. The third kappa shape index (κ3) is 3.50. The smallest absolute Gasteiger partial charge is 0.0518 e. The maximum atomic E-state index is 2.73. The van der Waals surface area contributed by atoms with Gasteiger partial charge in [-0.25, -0.2) is 0 Å². The molecule has 0 saturated heterocycles. The summed E-state index contributed by atoms with van der Waals surface area (Å²) in [4.78, 5) is 2.73. The summed E-state index contributed by atoms with van der Waals surface area (Å²) in [5.74, 6) is 0. The average molecular weight is 582 g/mol. The van der Waals surface area contributed by atoms with Crippen molar-refractivity contribution in [1.82, 2.24) is 0 Å². The summed E-state index contributed by atoms with van der Waals surface area (Å²) in [6, 6.07) is 43.2. The zero-order chi connectivity index (χ0) is 30.5. The van der Waals surface area contributed by atoms with Crippen LogP contribution >= 0.6 is 0 Å². The molecule has 1 aliphatic carbocycles. The fourth-order valence-electron chi connectivity index (χ4n) is 9.53. The first-order valence-corrected chi connectivity index (χ1v) is 16.7. The summed E-state index contributed by atoms with van der Waals surface area (Å²) in [5, 5.41) is 8.08. The maximum absolute atomic E-state index is 2.73. The second-order valence-corrected chi connectivity index (χ2v) is 14.1. The minimum atomic E-state index is 0.0412. The fraction of sp³-hybridized carbons (Fsp3) is 0.227. The molecule has 2 unspecified atom stereocenters. The molecule has 1 aliphatic heterocycles. The van der Waals surface area contributed by atoms with E-state index in [1.807, 2.05) is 0 Å². The number of aryl methyl sites for hydroxylation is 1. The van der Waals surface area contributed by atoms with Gasteiger partial charge in [0.05, 0.1) is 5.54 Å². The first kappa shape index (κ1) is 26.8. The molecule has 9 rings (SSSR count). The van der Waals surface area contributed by atoms with Gasteiger partial charge < -0.3 is 4.90 Å². The third-order valence-electron chi connectivity index (χ3n) is 11.9. The predicted octanol–water partition coefficient (Wildman–Crippen LogP) is 12.3. The fourth-order valence-corrected chi connectivity index (χ4v) is 9.53. The van der Waals surface area contributed by atoms with Crippen LogP contribution in [0.5, 0.6) is 0 Å². The largest absolute Gasteiger partial charge is 0.334 e. The van der Waals surface area contributed by atoms with Crippen molar-refractivity contribution < 1.29 is 0 Å². The zero-order valence-electron chi connectivity index (χ0n) is 26.7. The lowest BCUT2D eigenvalue weighted by Gasteiger charge is -2.50. The molecule has 0 bridgehead atoms. The lowest BCUT2D eigenvalue weighted by molar-refractivity contribution is 0.194. The number of rotatable bonds is 3. The molecule has 7 aromatic rings. The molecule has 0 N–H and O–H groups in total. The van der Waals surface area contributed by atoms with E-state index in [4.69, 9.17) is 0 Å². The van der Waals surface area contributed by atoms with Gasteiger partial charge in [0.2, 0.25) is 0 Å². The van der Waals surface area contributed by atoms with Crippen LogP contribution in [-0.2, 0) is 5.41 Å². The van der Waals surface area contributed by atoms with Crippen LogP contribution in [0, 0.1) is 13.8 Å². The van der Waals surface area contributed by atoms with Crippen LogP contribution in [0.15, 0.2) is 115 Å². The van der Waals surface area contributed by atoms with Crippen molar-refractivity contribution in [1.29, 1.82) is 0 Å². The van der Waals surface area contributed by atoms with Gasteiger partial charge in [0.25, 0.3) is 0 Å². The Morgan fingerprint density at radius 1 is 0.578 bits per heavy atom. The molecular formula is C44H39N. The molecule has 0 amide bonds. The Balaban J connectivity index is 1.32. The Labute approximate surface area is 266 Å². The number of hydrogen-bond acceptors (Lipinski definition) is 1. The average Bonchev–Trinajstić information content (AvgIpc) is 3.30. The van der Waals surface area contributed by atoms with Gasteiger partial charge >= 0.3 is 0 Å². The number of anilines is 2. The van der Waals surface area contributed by atoms with E-state index >= 15 is 0 Å². The molecule has 1 heteroatoms. The zero-order valence-corrected chi connectivity index (χ0v) is 26.7. The van der Waals surface area contributed by atoms with Crippen molar-refractivity contribution in [3.05, 3.63) is 132 Å². The van der Waals surface area contributed by atoms with Crippen molar-refractivity contribution >= 4 is 43.7 Å². The highest BCUT2D eigenvalue weighted by Crippen LogP contribution is 2.63. The first-order chi connectivity index (χ1) is 21.9. The van der Waals surface area contributed by atoms with Crippen molar-refractivity contribution in [3.8, 4) is 22.3 Å². The molecule has 2 aliphatic rings. The molecule has 45 heavy (non-hydrogen) atoms. The van der Waals surface area contributed by atoms with Gasteiger partial charge in [0, 0.05) is 16.8 Å². The van der Waals surface area contributed by atoms with Crippen molar-refractivity contribution in [2.45, 2.75) is 64.3 Å². The molecule has 0 radical (unpaired) electrons. The van der Waals surface area contributed by atoms with Gasteiger partial charge in [0.1, 0.15) is 0 Å². The van der Waals surface area contributed by atoms with Crippen LogP contribution in [0.4, 0.5) is 11.4 Å². The van der Waals surface area contributed by atoms with Gasteiger partial charge in [-0.05, 0) is 123 Å². The number of fused-ring (bicyclic) bond motifs is 3. The Morgan fingerprint density at radius 2 is 1.16 bits per heavy atom. The summed E-state index contributed by atoms with van der Waals surface area (Å²) >= 11 is 0. The van der Waals surface area contributed by atoms with Gasteiger partial charge in [-0.1, -0.05) is 117 Å². The molecule has 1 saturated carbocycles. The van der Waals surface area contributed by atoms with E-state index in [9.17, 15) is 0 Å². The molecular weight excluding hydrogens is 542 g/mol. The second-order valence-electron chi connectivity index (χ2n) is 14.1. The normalized spacial score (nSPS) is 21.1. The highest BCUT2D eigenvalue weighted by atomic mass is 15.3. The van der Waals surface area contributed by atoms with Crippen LogP contribution in [-0.4, -0.2) is 5.54 Å². The van der Waals surface area contributed by atoms with Crippen LogP contribution in [0.3, 0.4) is 0 Å². The molecule has 7 aromatic carbocycles. The first-order valence-electron chi connectivity index (χ1n) is 16.7. The van der Waals surface area contributed by atoms with Crippen LogP contribution in [0.25, 0.3) is 54.6 Å². The van der Waals surface area contributed by atoms with Gasteiger partial charge in [0.15, 0.2) is 0 Å². The van der Waals surface area contributed by atoms with E-state index in [1.165, 1.54) is 103 Å². The SMILES string of the molecule is Cc1cc(-c2ccc3ccc4c(-c5ccccc5)ccc5ccc2c3c54)c(C)c2c1N(c1ccccc1)C1(C)CCCCC21C. The van der Waals surface area contributed by atoms with Gasteiger partial charge in [-0.15, -0.1) is 0 Å². The van der Waals surface area contributed by atoms with Crippen LogP contribution < -0.4 is 4.90 Å². The minimum Gasteiger partial charge on any atom is -0.334 e. The van der Waals surface area contributed by atoms with Crippen molar-refractivity contribution in [3.63, 3.8) is 0 Å². The molecule has 0 aromatic heterocycles. The minimum absolute atomic E-state index is 0.0412. The summed E-state index contributed by atoms with van der Waals surface area (Å²) in [5.41, 5.74) is 12.6. The van der Waals surface area contributed by atoms with E-state index in [2.05, 4.69) is 148 Å². The number of benzene rings is 7. The molecule has 1 fully saturated rings. The van der Waals surface area contributed by atoms with Crippen LogP contribution in [0.1, 0.15) is 56.2 Å². The summed E-state index contributed by atoms with van der Waals surface area (Å²) < 4.78 is 0. The summed E-state index contributed by atoms with van der Waals surface area (Å²) in [6.45, 7) is 9.87. The standard InChI is InChI=1S/C44H39N/c1-28-27-38(29(2)41-42(28)45(33-15-9-6-10-16-33)44(4)26-12-11-25-43(41,44)3)35-22-18-32-19-23-36-34(30-13-7-5-8-14-30)21-17-31-20-24-37(35)40(32)39(31)36/h5-10,13-24,27H,11-12,25-26H2,1-4H3. The van der Waals surface area contributed by atoms with E-state index in [1.54, 1.807) is 5.56 Å². The Kier molecular flexibility index (Phi) is 5.61. The molecule has 1 heterocycles. The molecule has 220 valence electrons. The Morgan fingerprint density at radius 3 is 1.84 bits per heavy atom. The predicted molar refractivity (Wildman–Crippen MR) is 193 cm³/mol. The quantitative estimate of drug-likeness (QED) is 0.188. The van der Waals surface area contributed by atoms with Crippen molar-refractivity contribution in [2.24, 2.45) is 0 Å². The lowest BCUT2D eigenvalue weighted by Crippen LogP contribution is -2.54. The van der Waals surface area contributed by atoms with E-state index < -0.39 is 0 Å². The van der Waals surface area contributed by atoms with E-state index in [0.29, 0.717) is 0 Å². The highest BCUT2D eigenvalue weighted by molar-refractivity contribution is 6.27. The highest BCUT2D eigenvalue weighted by Gasteiger charge is 2.58. The van der Waals surface area contributed by atoms with Crippen LogP contribution in [0.2, 0.25) is 0 Å². The van der Waals surface area contributed by atoms with Gasteiger partial charge in [-0.3, -0.25) is 0 Å². The lowest BCUT2D eigenvalue weighted by atomic mass is 9.60.